The van der Waals surface area contributed by atoms with E-state index in [1.54, 1.807) is 6.07 Å². The molecule has 2 aromatic carbocycles. The predicted molar refractivity (Wildman–Crippen MR) is 133 cm³/mol. The maximum Gasteiger partial charge on any atom is 0.339 e. The number of anilines is 1. The summed E-state index contributed by atoms with van der Waals surface area (Å²) in [7, 11) is -4.32. The Kier molecular flexibility index (Phi) is 8.33. The van der Waals surface area contributed by atoms with E-state index < -0.39 is 24.1 Å². The van der Waals surface area contributed by atoms with E-state index in [2.05, 4.69) is 38.0 Å². The van der Waals surface area contributed by atoms with E-state index in [0.29, 0.717) is 17.8 Å². The van der Waals surface area contributed by atoms with Crippen LogP contribution in [0.2, 0.25) is 19.6 Å². The summed E-state index contributed by atoms with van der Waals surface area (Å²) in [6.07, 6.45) is 0.875. The summed E-state index contributed by atoms with van der Waals surface area (Å²) in [6.45, 7) is 12.6. The first kappa shape index (κ1) is 25.7. The molecule has 0 spiro atoms. The molecule has 0 fully saturated rings. The van der Waals surface area contributed by atoms with E-state index in [0.717, 1.165) is 12.0 Å². The third kappa shape index (κ3) is 6.47. The van der Waals surface area contributed by atoms with Gasteiger partial charge in [-0.3, -0.25) is 4.31 Å². The fourth-order valence-electron chi connectivity index (χ4n) is 3.03. The zero-order chi connectivity index (χ0) is 24.1. The summed E-state index contributed by atoms with van der Waals surface area (Å²) in [5.41, 5.74) is 5.58. The van der Waals surface area contributed by atoms with Gasteiger partial charge >= 0.3 is 5.97 Å². The van der Waals surface area contributed by atoms with Gasteiger partial charge in [-0.05, 0) is 48.2 Å². The van der Waals surface area contributed by atoms with E-state index in [1.807, 2.05) is 38.1 Å². The molecule has 0 saturated carbocycles. The highest BCUT2D eigenvalue weighted by molar-refractivity contribution is 7.92. The van der Waals surface area contributed by atoms with Crippen LogP contribution in [-0.4, -0.2) is 36.1 Å². The molecule has 0 N–H and O–H groups in total. The first-order chi connectivity index (χ1) is 14.9. The highest BCUT2D eigenvalue weighted by Crippen LogP contribution is 2.27. The van der Waals surface area contributed by atoms with Gasteiger partial charge < -0.3 is 4.74 Å². The van der Waals surface area contributed by atoms with Gasteiger partial charge in [-0.25, -0.2) is 13.2 Å². The molecule has 0 radical (unpaired) electrons. The van der Waals surface area contributed by atoms with Crippen molar-refractivity contribution in [2.75, 3.05) is 18.0 Å². The Bertz CT molecular complexity index is 1120. The van der Waals surface area contributed by atoms with Crippen molar-refractivity contribution < 1.29 is 17.9 Å². The average molecular weight is 472 g/mol. The summed E-state index contributed by atoms with van der Waals surface area (Å²) < 4.78 is 33.6. The van der Waals surface area contributed by atoms with Crippen molar-refractivity contribution >= 4 is 29.8 Å². The lowest BCUT2D eigenvalue weighted by atomic mass is 10.1. The Morgan fingerprint density at radius 3 is 2.22 bits per heavy atom. The summed E-state index contributed by atoms with van der Waals surface area (Å²) >= 11 is 0. The fourth-order valence-corrected chi connectivity index (χ4v) is 5.19. The lowest BCUT2D eigenvalue weighted by molar-refractivity contribution is 0.0600. The fraction of sp³-hybridized carbons (Fsp3) is 0.400. The number of rotatable bonds is 7. The molecule has 0 unspecified atom stereocenters. The van der Waals surface area contributed by atoms with Gasteiger partial charge in [0, 0.05) is 12.1 Å². The van der Waals surface area contributed by atoms with E-state index in [-0.39, 0.29) is 16.4 Å². The number of esters is 1. The minimum atomic E-state index is -3.91. The Balaban J connectivity index is 2.62. The molecule has 0 saturated heterocycles. The van der Waals surface area contributed by atoms with E-state index >= 15 is 0 Å². The normalized spacial score (nSPS) is 11.6. The molecular weight excluding hydrogens is 438 g/mol. The second-order valence-corrected chi connectivity index (χ2v) is 15.8. The Morgan fingerprint density at radius 1 is 1.09 bits per heavy atom. The Morgan fingerprint density at radius 2 is 1.72 bits per heavy atom. The predicted octanol–water partition coefficient (Wildman–Crippen LogP) is 5.12. The van der Waals surface area contributed by atoms with Gasteiger partial charge in [-0.1, -0.05) is 58.5 Å². The lowest BCUT2D eigenvalue weighted by Crippen LogP contribution is -2.34. The first-order valence-electron chi connectivity index (χ1n) is 10.8. The smallest absolute Gasteiger partial charge is 0.339 e. The summed E-state index contributed by atoms with van der Waals surface area (Å²) in [6, 6.07) is 12.0. The summed E-state index contributed by atoms with van der Waals surface area (Å²) in [5, 5.41) is 0. The highest BCUT2D eigenvalue weighted by Gasteiger charge is 2.27. The van der Waals surface area contributed by atoms with Crippen LogP contribution in [0.5, 0.6) is 0 Å². The number of benzene rings is 2. The SMILES string of the molecule is CCc1ccc(N(CC(C)C)S(=O)(=O)c2ccc(C#C[Si](C)(C)C)c(C(=O)OC)c2)cc1. The first-order valence-corrected chi connectivity index (χ1v) is 15.7. The zero-order valence-corrected chi connectivity index (χ0v) is 21.8. The number of carbonyl (C=O) groups is 1. The molecule has 2 aromatic rings. The standard InChI is InChI=1S/C25H33NO4SSi/c1-8-20-9-12-22(13-10-20)26(18-19(2)3)31(28,29)23-14-11-21(15-16-32(5,6)7)24(17-23)25(27)30-4/h9-14,17,19H,8,18H2,1-7H3. The molecule has 0 aliphatic rings. The van der Waals surface area contributed by atoms with Crippen molar-refractivity contribution in [3.8, 4) is 11.5 Å². The van der Waals surface area contributed by atoms with Crippen LogP contribution in [0.1, 0.15) is 42.3 Å². The lowest BCUT2D eigenvalue weighted by Gasteiger charge is -2.26. The minimum Gasteiger partial charge on any atom is -0.465 e. The van der Waals surface area contributed by atoms with Gasteiger partial charge in [0.2, 0.25) is 0 Å². The van der Waals surface area contributed by atoms with Crippen LogP contribution in [-0.2, 0) is 21.2 Å². The molecule has 0 aliphatic heterocycles. The Labute approximate surface area is 193 Å². The van der Waals surface area contributed by atoms with Crippen molar-refractivity contribution in [2.45, 2.75) is 51.7 Å². The molecule has 2 rings (SSSR count). The molecular formula is C25H33NO4SSi. The van der Waals surface area contributed by atoms with Crippen molar-refractivity contribution in [1.82, 2.24) is 0 Å². The molecule has 0 atom stereocenters. The number of hydrogen-bond donors (Lipinski definition) is 0. The third-order valence-corrected chi connectivity index (χ3v) is 7.38. The second kappa shape index (κ2) is 10.4. The number of ether oxygens (including phenoxy) is 1. The minimum absolute atomic E-state index is 0.0386. The van der Waals surface area contributed by atoms with Crippen molar-refractivity contribution in [2.24, 2.45) is 5.92 Å². The monoisotopic (exact) mass is 471 g/mol. The quantitative estimate of drug-likeness (QED) is 0.320. The molecule has 0 heterocycles. The third-order valence-electron chi connectivity index (χ3n) is 4.72. The van der Waals surface area contributed by atoms with Crippen molar-refractivity contribution in [3.05, 3.63) is 59.2 Å². The molecule has 0 aromatic heterocycles. The largest absolute Gasteiger partial charge is 0.465 e. The van der Waals surface area contributed by atoms with Crippen LogP contribution < -0.4 is 4.31 Å². The number of aryl methyl sites for hydroxylation is 1. The van der Waals surface area contributed by atoms with Gasteiger partial charge in [0.05, 0.1) is 23.3 Å². The van der Waals surface area contributed by atoms with Crippen LogP contribution in [0.25, 0.3) is 0 Å². The molecule has 0 aliphatic carbocycles. The van der Waals surface area contributed by atoms with Crippen LogP contribution in [0.15, 0.2) is 47.4 Å². The van der Waals surface area contributed by atoms with E-state index in [4.69, 9.17) is 4.74 Å². The number of carbonyl (C=O) groups excluding carboxylic acids is 1. The van der Waals surface area contributed by atoms with Gasteiger partial charge in [-0.15, -0.1) is 5.54 Å². The van der Waals surface area contributed by atoms with E-state index in [1.165, 1.54) is 23.5 Å². The van der Waals surface area contributed by atoms with E-state index in [9.17, 15) is 13.2 Å². The van der Waals surface area contributed by atoms with Gasteiger partial charge in [-0.2, -0.15) is 0 Å². The topological polar surface area (TPSA) is 63.7 Å². The average Bonchev–Trinajstić information content (AvgIpc) is 2.74. The molecule has 32 heavy (non-hydrogen) atoms. The zero-order valence-electron chi connectivity index (χ0n) is 20.0. The van der Waals surface area contributed by atoms with Crippen LogP contribution in [0, 0.1) is 17.4 Å². The highest BCUT2D eigenvalue weighted by atomic mass is 32.2. The number of nitrogens with zero attached hydrogens (tertiary/aromatic N) is 1. The molecule has 7 heteroatoms. The van der Waals surface area contributed by atoms with Crippen LogP contribution in [0.3, 0.4) is 0 Å². The van der Waals surface area contributed by atoms with Gasteiger partial charge in [0.15, 0.2) is 0 Å². The number of methoxy groups -OCH3 is 1. The number of sulfonamides is 1. The molecule has 0 bridgehead atoms. The second-order valence-electron chi connectivity index (χ2n) is 9.15. The molecule has 0 amide bonds. The maximum atomic E-state index is 13.7. The summed E-state index contributed by atoms with van der Waals surface area (Å²) in [4.78, 5) is 12.5. The van der Waals surface area contributed by atoms with Gasteiger partial charge in [0.1, 0.15) is 8.07 Å². The van der Waals surface area contributed by atoms with Crippen molar-refractivity contribution in [1.29, 1.82) is 0 Å². The molecule has 172 valence electrons. The molecule has 5 nitrogen and oxygen atoms in total. The maximum absolute atomic E-state index is 13.7. The summed E-state index contributed by atoms with van der Waals surface area (Å²) in [5.74, 6) is 2.56. The Hall–Kier alpha value is -2.56. The van der Waals surface area contributed by atoms with Gasteiger partial charge in [0.25, 0.3) is 10.0 Å². The van der Waals surface area contributed by atoms with Crippen molar-refractivity contribution in [3.63, 3.8) is 0 Å². The number of hydrogen-bond acceptors (Lipinski definition) is 4. The van der Waals surface area contributed by atoms with Crippen LogP contribution in [0.4, 0.5) is 5.69 Å². The van der Waals surface area contributed by atoms with Crippen LogP contribution >= 0.6 is 0 Å².